The zero-order valence-electron chi connectivity index (χ0n) is 9.41. The molecule has 1 aliphatic rings. The molecular weight excluding hydrogens is 188 g/mol. The fourth-order valence-electron chi connectivity index (χ4n) is 2.33. The Balaban J connectivity index is 1.99. The molecule has 0 radical (unpaired) electrons. The molecule has 3 heteroatoms. The molecule has 1 fully saturated rings. The minimum absolute atomic E-state index is 0.150. The van der Waals surface area contributed by atoms with Crippen LogP contribution >= 0.6 is 0 Å². The van der Waals surface area contributed by atoms with Crippen LogP contribution in [0.25, 0.3) is 0 Å². The van der Waals surface area contributed by atoms with Crippen molar-refractivity contribution in [3.8, 4) is 0 Å². The first-order chi connectivity index (χ1) is 7.25. The average Bonchev–Trinajstić information content (AvgIpc) is 2.67. The molecule has 1 atom stereocenters. The van der Waals surface area contributed by atoms with Gasteiger partial charge in [-0.2, -0.15) is 0 Å². The highest BCUT2D eigenvalue weighted by Crippen LogP contribution is 2.32. The highest BCUT2D eigenvalue weighted by atomic mass is 16.5. The Labute approximate surface area is 91.0 Å². The van der Waals surface area contributed by atoms with E-state index in [-0.39, 0.29) is 6.04 Å². The third kappa shape index (κ3) is 2.81. The first-order valence-corrected chi connectivity index (χ1v) is 5.97. The van der Waals surface area contributed by atoms with Gasteiger partial charge in [-0.1, -0.05) is 24.4 Å². The SMILES string of the molecule is CC(N)Cc1cc(C2CCCCC2)no1. The van der Waals surface area contributed by atoms with Gasteiger partial charge in [-0.15, -0.1) is 0 Å². The summed E-state index contributed by atoms with van der Waals surface area (Å²) in [5.74, 6) is 1.56. The van der Waals surface area contributed by atoms with Crippen molar-refractivity contribution < 1.29 is 4.52 Å². The van der Waals surface area contributed by atoms with Crippen molar-refractivity contribution in [2.45, 2.75) is 57.4 Å². The smallest absolute Gasteiger partial charge is 0.138 e. The zero-order chi connectivity index (χ0) is 10.7. The van der Waals surface area contributed by atoms with Gasteiger partial charge in [-0.25, -0.2) is 0 Å². The maximum atomic E-state index is 5.72. The predicted molar refractivity (Wildman–Crippen MR) is 59.7 cm³/mol. The van der Waals surface area contributed by atoms with Crippen LogP contribution in [0.3, 0.4) is 0 Å². The minimum Gasteiger partial charge on any atom is -0.361 e. The summed E-state index contributed by atoms with van der Waals surface area (Å²) in [5.41, 5.74) is 6.87. The Morgan fingerprint density at radius 1 is 1.47 bits per heavy atom. The number of nitrogens with two attached hydrogens (primary N) is 1. The van der Waals surface area contributed by atoms with Crippen molar-refractivity contribution in [3.05, 3.63) is 17.5 Å². The molecule has 2 rings (SSSR count). The summed E-state index contributed by atoms with van der Waals surface area (Å²) in [6, 6.07) is 2.25. The molecule has 1 unspecified atom stereocenters. The van der Waals surface area contributed by atoms with E-state index in [0.29, 0.717) is 5.92 Å². The van der Waals surface area contributed by atoms with Gasteiger partial charge in [0.15, 0.2) is 0 Å². The van der Waals surface area contributed by atoms with E-state index in [0.717, 1.165) is 17.9 Å². The molecule has 0 spiro atoms. The lowest BCUT2D eigenvalue weighted by Crippen LogP contribution is -2.17. The van der Waals surface area contributed by atoms with Crippen LogP contribution in [0.4, 0.5) is 0 Å². The molecule has 3 nitrogen and oxygen atoms in total. The van der Waals surface area contributed by atoms with E-state index in [2.05, 4.69) is 11.2 Å². The predicted octanol–water partition coefficient (Wildman–Crippen LogP) is 2.61. The molecule has 0 amide bonds. The summed E-state index contributed by atoms with van der Waals surface area (Å²) in [5, 5.41) is 4.16. The van der Waals surface area contributed by atoms with Gasteiger partial charge in [0, 0.05) is 24.4 Å². The molecule has 1 aliphatic carbocycles. The van der Waals surface area contributed by atoms with Crippen LogP contribution in [-0.4, -0.2) is 11.2 Å². The topological polar surface area (TPSA) is 52.0 Å². The van der Waals surface area contributed by atoms with E-state index in [9.17, 15) is 0 Å². The first kappa shape index (κ1) is 10.7. The van der Waals surface area contributed by atoms with Gasteiger partial charge in [0.25, 0.3) is 0 Å². The van der Waals surface area contributed by atoms with Crippen molar-refractivity contribution in [3.63, 3.8) is 0 Å². The van der Waals surface area contributed by atoms with Crippen molar-refractivity contribution in [2.75, 3.05) is 0 Å². The second kappa shape index (κ2) is 4.79. The maximum Gasteiger partial charge on any atom is 0.138 e. The lowest BCUT2D eigenvalue weighted by atomic mass is 9.87. The fourth-order valence-corrected chi connectivity index (χ4v) is 2.33. The molecule has 0 aliphatic heterocycles. The molecule has 84 valence electrons. The van der Waals surface area contributed by atoms with E-state index in [1.807, 2.05) is 6.92 Å². The number of aromatic nitrogens is 1. The summed E-state index contributed by atoms with van der Waals surface area (Å²) < 4.78 is 5.30. The van der Waals surface area contributed by atoms with E-state index in [1.165, 1.54) is 32.1 Å². The summed E-state index contributed by atoms with van der Waals surface area (Å²) in [4.78, 5) is 0. The summed E-state index contributed by atoms with van der Waals surface area (Å²) in [6.07, 6.45) is 7.37. The first-order valence-electron chi connectivity index (χ1n) is 5.97. The van der Waals surface area contributed by atoms with Gasteiger partial charge >= 0.3 is 0 Å². The quantitative estimate of drug-likeness (QED) is 0.830. The van der Waals surface area contributed by atoms with Gasteiger partial charge in [-0.05, 0) is 19.8 Å². The summed E-state index contributed by atoms with van der Waals surface area (Å²) in [6.45, 7) is 1.99. The second-order valence-electron chi connectivity index (χ2n) is 4.73. The van der Waals surface area contributed by atoms with E-state index < -0.39 is 0 Å². The number of nitrogens with zero attached hydrogens (tertiary/aromatic N) is 1. The summed E-state index contributed by atoms with van der Waals surface area (Å²) in [7, 11) is 0. The fraction of sp³-hybridized carbons (Fsp3) is 0.750. The van der Waals surface area contributed by atoms with Gasteiger partial charge in [-0.3, -0.25) is 0 Å². The lowest BCUT2D eigenvalue weighted by molar-refractivity contribution is 0.354. The molecule has 1 heterocycles. The van der Waals surface area contributed by atoms with Crippen molar-refractivity contribution in [2.24, 2.45) is 5.73 Å². The van der Waals surface area contributed by atoms with Gasteiger partial charge in [0.2, 0.25) is 0 Å². The second-order valence-corrected chi connectivity index (χ2v) is 4.73. The van der Waals surface area contributed by atoms with Crippen LogP contribution in [0.15, 0.2) is 10.6 Å². The molecule has 1 aromatic heterocycles. The van der Waals surface area contributed by atoms with Crippen LogP contribution in [0.1, 0.15) is 56.4 Å². The highest BCUT2D eigenvalue weighted by Gasteiger charge is 2.19. The molecule has 1 saturated carbocycles. The van der Waals surface area contributed by atoms with Crippen LogP contribution in [0.2, 0.25) is 0 Å². The van der Waals surface area contributed by atoms with E-state index in [4.69, 9.17) is 10.3 Å². The maximum absolute atomic E-state index is 5.72. The molecule has 1 aromatic rings. The molecule has 2 N–H and O–H groups in total. The standard InChI is InChI=1S/C12H20N2O/c1-9(13)7-11-8-12(14-15-11)10-5-3-2-4-6-10/h8-10H,2-7,13H2,1H3. The zero-order valence-corrected chi connectivity index (χ0v) is 9.41. The van der Waals surface area contributed by atoms with Crippen molar-refractivity contribution in [1.29, 1.82) is 0 Å². The average molecular weight is 208 g/mol. The van der Waals surface area contributed by atoms with Crippen LogP contribution < -0.4 is 5.73 Å². The van der Waals surface area contributed by atoms with Crippen LogP contribution in [-0.2, 0) is 6.42 Å². The third-order valence-corrected chi connectivity index (χ3v) is 3.12. The number of hydrogen-bond donors (Lipinski definition) is 1. The number of hydrogen-bond acceptors (Lipinski definition) is 3. The lowest BCUT2D eigenvalue weighted by Gasteiger charge is -2.18. The molecule has 0 saturated heterocycles. The Morgan fingerprint density at radius 2 is 2.20 bits per heavy atom. The molecular formula is C12H20N2O. The van der Waals surface area contributed by atoms with Gasteiger partial charge in [0.05, 0.1) is 5.69 Å². The van der Waals surface area contributed by atoms with E-state index in [1.54, 1.807) is 0 Å². The summed E-state index contributed by atoms with van der Waals surface area (Å²) >= 11 is 0. The minimum atomic E-state index is 0.150. The largest absolute Gasteiger partial charge is 0.361 e. The molecule has 15 heavy (non-hydrogen) atoms. The number of rotatable bonds is 3. The van der Waals surface area contributed by atoms with Crippen LogP contribution in [0, 0.1) is 0 Å². The van der Waals surface area contributed by atoms with E-state index >= 15 is 0 Å². The Bertz CT molecular complexity index is 300. The monoisotopic (exact) mass is 208 g/mol. The highest BCUT2D eigenvalue weighted by molar-refractivity contribution is 5.12. The normalized spacial score (nSPS) is 20.4. The van der Waals surface area contributed by atoms with Gasteiger partial charge < -0.3 is 10.3 Å². The van der Waals surface area contributed by atoms with Crippen molar-refractivity contribution >= 4 is 0 Å². The Kier molecular flexibility index (Phi) is 3.41. The third-order valence-electron chi connectivity index (χ3n) is 3.12. The van der Waals surface area contributed by atoms with Crippen LogP contribution in [0.5, 0.6) is 0 Å². The Hall–Kier alpha value is -0.830. The Morgan fingerprint density at radius 3 is 2.87 bits per heavy atom. The van der Waals surface area contributed by atoms with Gasteiger partial charge in [0.1, 0.15) is 5.76 Å². The molecule has 0 aromatic carbocycles. The molecule has 0 bridgehead atoms. The van der Waals surface area contributed by atoms with Crippen molar-refractivity contribution in [1.82, 2.24) is 5.16 Å².